The Hall–Kier alpha value is -1.86. The fraction of sp³-hybridized carbons (Fsp3) is 0.357. The van der Waals surface area contributed by atoms with Crippen molar-refractivity contribution in [1.29, 1.82) is 0 Å². The molecule has 0 saturated carbocycles. The number of carbonyl (C=O) groups excluding carboxylic acids is 1. The zero-order chi connectivity index (χ0) is 15.6. The Bertz CT molecular complexity index is 695. The molecular weight excluding hydrogens is 290 g/mol. The summed E-state index contributed by atoms with van der Waals surface area (Å²) in [6.07, 6.45) is 0. The van der Waals surface area contributed by atoms with Gasteiger partial charge in [-0.3, -0.25) is 9.52 Å². The van der Waals surface area contributed by atoms with E-state index in [4.69, 9.17) is 0 Å². The molecule has 1 aromatic rings. The summed E-state index contributed by atoms with van der Waals surface area (Å²) >= 11 is 0. The Kier molecular flexibility index (Phi) is 4.34. The van der Waals surface area contributed by atoms with Crippen LogP contribution in [0.5, 0.6) is 0 Å². The molecule has 1 heterocycles. The predicted octanol–water partition coefficient (Wildman–Crippen LogP) is 1.20. The number of nitrogens with zero attached hydrogens (tertiary/aromatic N) is 1. The van der Waals surface area contributed by atoms with E-state index in [0.29, 0.717) is 23.5 Å². The average molecular weight is 309 g/mol. The number of nitrogens with one attached hydrogen (secondary N) is 2. The van der Waals surface area contributed by atoms with E-state index in [2.05, 4.69) is 10.1 Å². The molecule has 0 spiro atoms. The maximum Gasteiger partial charge on any atom is 0.232 e. The molecule has 0 atom stereocenters. The van der Waals surface area contributed by atoms with Crippen LogP contribution in [0, 0.1) is 0 Å². The number of hydrogen-bond acceptors (Lipinski definition) is 5. The van der Waals surface area contributed by atoms with E-state index < -0.39 is 10.0 Å². The molecule has 1 aliphatic rings. The topological polar surface area (TPSA) is 78.5 Å². The van der Waals surface area contributed by atoms with Gasteiger partial charge in [-0.25, -0.2) is 13.4 Å². The van der Waals surface area contributed by atoms with Crippen LogP contribution in [0.4, 0.5) is 5.69 Å². The molecule has 0 fully saturated rings. The monoisotopic (exact) mass is 309 g/mol. The zero-order valence-electron chi connectivity index (χ0n) is 12.3. The van der Waals surface area contributed by atoms with Crippen molar-refractivity contribution in [3.05, 3.63) is 35.4 Å². The average Bonchev–Trinajstić information content (AvgIpc) is 2.42. The molecule has 0 unspecified atom stereocenters. The summed E-state index contributed by atoms with van der Waals surface area (Å²) in [4.78, 5) is 11.9. The van der Waals surface area contributed by atoms with Crippen molar-refractivity contribution in [2.24, 2.45) is 0 Å². The number of ketones is 1. The van der Waals surface area contributed by atoms with Crippen LogP contribution in [0.15, 0.2) is 29.8 Å². The number of anilines is 1. The second kappa shape index (κ2) is 5.87. The number of hydrazine groups is 1. The maximum absolute atomic E-state index is 11.9. The van der Waals surface area contributed by atoms with Crippen LogP contribution < -0.4 is 10.1 Å². The van der Waals surface area contributed by atoms with Gasteiger partial charge in [-0.2, -0.15) is 0 Å². The Morgan fingerprint density at radius 3 is 2.76 bits per heavy atom. The first-order valence-corrected chi connectivity index (χ1v) is 8.30. The number of Topliss-reactive ketones (excluding diaryl/α,β-unsaturated/α-hetero) is 1. The summed E-state index contributed by atoms with van der Waals surface area (Å²) < 4.78 is 25.8. The van der Waals surface area contributed by atoms with Crippen LogP contribution in [0.2, 0.25) is 0 Å². The first kappa shape index (κ1) is 15.5. The second-order valence-corrected chi connectivity index (χ2v) is 6.99. The van der Waals surface area contributed by atoms with E-state index in [9.17, 15) is 13.2 Å². The Morgan fingerprint density at radius 1 is 1.38 bits per heavy atom. The third-order valence-electron chi connectivity index (χ3n) is 3.28. The van der Waals surface area contributed by atoms with Gasteiger partial charge in [0, 0.05) is 23.9 Å². The van der Waals surface area contributed by atoms with E-state index in [-0.39, 0.29) is 11.5 Å². The standard InChI is InChI=1S/C14H19N3O3S/c1-4-21(19,20)16-12-7-5-6-11(8-12)14-10(2)13(18)9-17(3)15-14/h5-8,15-16H,4,9H2,1-3H3. The third-order valence-corrected chi connectivity index (χ3v) is 4.59. The summed E-state index contributed by atoms with van der Waals surface area (Å²) in [7, 11) is -1.53. The summed E-state index contributed by atoms with van der Waals surface area (Å²) in [5, 5.41) is 1.70. The molecule has 0 aromatic heterocycles. The van der Waals surface area contributed by atoms with Crippen LogP contribution in [-0.4, -0.2) is 38.6 Å². The molecule has 7 heteroatoms. The summed E-state index contributed by atoms with van der Waals surface area (Å²) in [6.45, 7) is 3.66. The normalized spacial score (nSPS) is 16.8. The minimum Gasteiger partial charge on any atom is -0.318 e. The van der Waals surface area contributed by atoms with Gasteiger partial charge in [0.2, 0.25) is 10.0 Å². The highest BCUT2D eigenvalue weighted by molar-refractivity contribution is 7.92. The van der Waals surface area contributed by atoms with Gasteiger partial charge in [-0.15, -0.1) is 0 Å². The van der Waals surface area contributed by atoms with E-state index in [1.165, 1.54) is 0 Å². The minimum absolute atomic E-state index is 0.0123. The van der Waals surface area contributed by atoms with Crippen LogP contribution in [-0.2, 0) is 14.8 Å². The number of carbonyl (C=O) groups is 1. The molecule has 0 bridgehead atoms. The predicted molar refractivity (Wildman–Crippen MR) is 82.9 cm³/mol. The fourth-order valence-electron chi connectivity index (χ4n) is 2.06. The van der Waals surface area contributed by atoms with Gasteiger partial charge in [0.25, 0.3) is 0 Å². The molecule has 0 radical (unpaired) electrons. The summed E-state index contributed by atoms with van der Waals surface area (Å²) in [6, 6.07) is 6.98. The van der Waals surface area contributed by atoms with Gasteiger partial charge in [0.15, 0.2) is 5.78 Å². The van der Waals surface area contributed by atoms with Gasteiger partial charge >= 0.3 is 0 Å². The lowest BCUT2D eigenvalue weighted by molar-refractivity contribution is -0.117. The number of hydrogen-bond donors (Lipinski definition) is 2. The Morgan fingerprint density at radius 2 is 2.10 bits per heavy atom. The van der Waals surface area contributed by atoms with Gasteiger partial charge in [0.1, 0.15) is 0 Å². The van der Waals surface area contributed by atoms with Gasteiger partial charge in [0.05, 0.1) is 18.0 Å². The molecule has 2 rings (SSSR count). The maximum atomic E-state index is 11.9. The smallest absolute Gasteiger partial charge is 0.232 e. The number of benzene rings is 1. The van der Waals surface area contributed by atoms with Gasteiger partial charge < -0.3 is 5.43 Å². The van der Waals surface area contributed by atoms with Gasteiger partial charge in [-0.05, 0) is 26.0 Å². The molecule has 0 aliphatic carbocycles. The van der Waals surface area contributed by atoms with E-state index in [1.807, 2.05) is 6.07 Å². The largest absolute Gasteiger partial charge is 0.318 e. The third kappa shape index (κ3) is 3.62. The molecule has 6 nitrogen and oxygen atoms in total. The lowest BCUT2D eigenvalue weighted by Crippen LogP contribution is -2.42. The zero-order valence-corrected chi connectivity index (χ0v) is 13.1. The van der Waals surface area contributed by atoms with Crippen molar-refractivity contribution in [2.75, 3.05) is 24.1 Å². The number of rotatable bonds is 4. The second-order valence-electron chi connectivity index (χ2n) is 4.98. The summed E-state index contributed by atoms with van der Waals surface area (Å²) in [5.74, 6) is 0.0594. The van der Waals surface area contributed by atoms with Crippen LogP contribution >= 0.6 is 0 Å². The quantitative estimate of drug-likeness (QED) is 0.874. The highest BCUT2D eigenvalue weighted by Gasteiger charge is 2.21. The lowest BCUT2D eigenvalue weighted by atomic mass is 10.0. The first-order valence-electron chi connectivity index (χ1n) is 6.65. The number of sulfonamides is 1. The fourth-order valence-corrected chi connectivity index (χ4v) is 2.69. The molecule has 2 N–H and O–H groups in total. The molecule has 1 aromatic carbocycles. The van der Waals surface area contributed by atoms with E-state index in [1.54, 1.807) is 44.1 Å². The van der Waals surface area contributed by atoms with Crippen molar-refractivity contribution < 1.29 is 13.2 Å². The number of likely N-dealkylation sites (N-methyl/N-ethyl adjacent to an activating group) is 1. The Balaban J connectivity index is 2.37. The van der Waals surface area contributed by atoms with Crippen molar-refractivity contribution in [2.45, 2.75) is 13.8 Å². The molecule has 0 saturated heterocycles. The van der Waals surface area contributed by atoms with E-state index in [0.717, 1.165) is 5.56 Å². The first-order chi connectivity index (χ1) is 9.82. The summed E-state index contributed by atoms with van der Waals surface area (Å²) in [5.41, 5.74) is 5.72. The van der Waals surface area contributed by atoms with Crippen LogP contribution in [0.3, 0.4) is 0 Å². The SMILES string of the molecule is CCS(=O)(=O)Nc1cccc(C2=C(C)C(=O)CN(C)N2)c1. The highest BCUT2D eigenvalue weighted by Crippen LogP contribution is 2.23. The van der Waals surface area contributed by atoms with Gasteiger partial charge in [-0.1, -0.05) is 12.1 Å². The minimum atomic E-state index is -3.32. The van der Waals surface area contributed by atoms with Crippen molar-refractivity contribution >= 4 is 27.2 Å². The Labute approximate surface area is 124 Å². The van der Waals surface area contributed by atoms with Crippen molar-refractivity contribution in [1.82, 2.24) is 10.4 Å². The van der Waals surface area contributed by atoms with E-state index >= 15 is 0 Å². The molecule has 21 heavy (non-hydrogen) atoms. The molecule has 1 aliphatic heterocycles. The molecule has 114 valence electrons. The lowest BCUT2D eigenvalue weighted by Gasteiger charge is -2.27. The molecule has 0 amide bonds. The molecular formula is C14H19N3O3S. The van der Waals surface area contributed by atoms with Crippen molar-refractivity contribution in [3.63, 3.8) is 0 Å². The van der Waals surface area contributed by atoms with Crippen LogP contribution in [0.1, 0.15) is 19.4 Å². The highest BCUT2D eigenvalue weighted by atomic mass is 32.2. The van der Waals surface area contributed by atoms with Crippen LogP contribution in [0.25, 0.3) is 5.70 Å². The van der Waals surface area contributed by atoms with Crippen molar-refractivity contribution in [3.8, 4) is 0 Å².